The Morgan fingerprint density at radius 3 is 2.51 bits per heavy atom. The number of piperidine rings is 1. The van der Waals surface area contributed by atoms with Gasteiger partial charge < -0.3 is 24.3 Å². The number of hydrogen-bond donors (Lipinski definition) is 1. The monoisotopic (exact) mass is 495 g/mol. The molecule has 5 nitrogen and oxygen atoms in total. The van der Waals surface area contributed by atoms with Crippen molar-refractivity contribution in [1.29, 1.82) is 0 Å². The summed E-state index contributed by atoms with van der Waals surface area (Å²) in [6.45, 7) is 4.29. The Kier molecular flexibility index (Phi) is 9.84. The van der Waals surface area contributed by atoms with Crippen LogP contribution < -0.4 is 14.8 Å². The van der Waals surface area contributed by atoms with Crippen LogP contribution >= 0.6 is 11.6 Å². The molecule has 0 aliphatic carbocycles. The molecule has 0 amide bonds. The molecule has 6 heteroatoms. The zero-order valence-corrected chi connectivity index (χ0v) is 21.0. The SMILES string of the molecule is COc1ccc(COC2CNCCC2c2ccc(OCCCOCc3ccccc3)cc2)cc1Cl. The van der Waals surface area contributed by atoms with Gasteiger partial charge in [-0.3, -0.25) is 0 Å². The van der Waals surface area contributed by atoms with Crippen LogP contribution in [0, 0.1) is 0 Å². The van der Waals surface area contributed by atoms with Gasteiger partial charge in [-0.15, -0.1) is 0 Å². The minimum atomic E-state index is 0.0955. The predicted octanol–water partition coefficient (Wildman–Crippen LogP) is 6.00. The molecule has 186 valence electrons. The second-order valence-corrected chi connectivity index (χ2v) is 9.13. The third-order valence-corrected chi connectivity index (χ3v) is 6.52. The number of nitrogens with one attached hydrogen (secondary N) is 1. The summed E-state index contributed by atoms with van der Waals surface area (Å²) in [7, 11) is 1.62. The molecular weight excluding hydrogens is 462 g/mol. The highest BCUT2D eigenvalue weighted by molar-refractivity contribution is 6.32. The maximum Gasteiger partial charge on any atom is 0.137 e. The van der Waals surface area contributed by atoms with E-state index < -0.39 is 0 Å². The van der Waals surface area contributed by atoms with Gasteiger partial charge in [-0.1, -0.05) is 60.1 Å². The van der Waals surface area contributed by atoms with Gasteiger partial charge in [0.05, 0.1) is 44.7 Å². The van der Waals surface area contributed by atoms with Crippen LogP contribution in [-0.4, -0.2) is 39.5 Å². The third-order valence-electron chi connectivity index (χ3n) is 6.23. The van der Waals surface area contributed by atoms with Gasteiger partial charge in [0.2, 0.25) is 0 Å². The topological polar surface area (TPSA) is 49.0 Å². The van der Waals surface area contributed by atoms with Gasteiger partial charge in [-0.05, 0) is 53.9 Å². The highest BCUT2D eigenvalue weighted by Crippen LogP contribution is 2.31. The van der Waals surface area contributed by atoms with E-state index >= 15 is 0 Å². The second-order valence-electron chi connectivity index (χ2n) is 8.73. The van der Waals surface area contributed by atoms with Crippen molar-refractivity contribution in [2.24, 2.45) is 0 Å². The lowest BCUT2D eigenvalue weighted by molar-refractivity contribution is 0.0106. The number of ether oxygens (including phenoxy) is 4. The summed E-state index contributed by atoms with van der Waals surface area (Å²) in [5.41, 5.74) is 3.51. The van der Waals surface area contributed by atoms with Gasteiger partial charge in [-0.25, -0.2) is 0 Å². The Labute approximate surface area is 213 Å². The Bertz CT molecular complexity index is 1030. The van der Waals surface area contributed by atoms with Crippen molar-refractivity contribution < 1.29 is 18.9 Å². The Balaban J connectivity index is 1.22. The molecule has 3 aromatic carbocycles. The van der Waals surface area contributed by atoms with E-state index in [0.717, 1.165) is 37.2 Å². The molecule has 4 rings (SSSR count). The number of hydrogen-bond acceptors (Lipinski definition) is 5. The van der Waals surface area contributed by atoms with E-state index in [0.29, 0.717) is 43.1 Å². The molecular formula is C29H34ClNO4. The van der Waals surface area contributed by atoms with Crippen molar-refractivity contribution >= 4 is 11.6 Å². The van der Waals surface area contributed by atoms with Crippen LogP contribution in [0.4, 0.5) is 0 Å². The van der Waals surface area contributed by atoms with Crippen molar-refractivity contribution in [3.8, 4) is 11.5 Å². The van der Waals surface area contributed by atoms with E-state index in [-0.39, 0.29) is 6.10 Å². The van der Waals surface area contributed by atoms with Crippen LogP contribution in [-0.2, 0) is 22.7 Å². The van der Waals surface area contributed by atoms with E-state index in [4.69, 9.17) is 30.5 Å². The van der Waals surface area contributed by atoms with Crippen molar-refractivity contribution in [1.82, 2.24) is 5.32 Å². The van der Waals surface area contributed by atoms with Crippen molar-refractivity contribution in [2.45, 2.75) is 38.1 Å². The first kappa shape index (κ1) is 25.5. The predicted molar refractivity (Wildman–Crippen MR) is 139 cm³/mol. The fourth-order valence-electron chi connectivity index (χ4n) is 4.32. The zero-order valence-electron chi connectivity index (χ0n) is 20.3. The fourth-order valence-corrected chi connectivity index (χ4v) is 4.60. The summed E-state index contributed by atoms with van der Waals surface area (Å²) >= 11 is 6.27. The molecule has 0 aromatic heterocycles. The highest BCUT2D eigenvalue weighted by atomic mass is 35.5. The van der Waals surface area contributed by atoms with Crippen LogP contribution in [0.15, 0.2) is 72.8 Å². The van der Waals surface area contributed by atoms with Crippen molar-refractivity contribution in [3.63, 3.8) is 0 Å². The van der Waals surface area contributed by atoms with Crippen LogP contribution in [0.2, 0.25) is 5.02 Å². The quantitative estimate of drug-likeness (QED) is 0.312. The molecule has 2 unspecified atom stereocenters. The van der Waals surface area contributed by atoms with Gasteiger partial charge in [0.15, 0.2) is 0 Å². The lowest BCUT2D eigenvalue weighted by Crippen LogP contribution is -2.40. The molecule has 3 aromatic rings. The molecule has 0 spiro atoms. The summed E-state index contributed by atoms with van der Waals surface area (Å²) in [6, 6.07) is 24.4. The van der Waals surface area contributed by atoms with Gasteiger partial charge >= 0.3 is 0 Å². The van der Waals surface area contributed by atoms with Crippen molar-refractivity contribution in [3.05, 3.63) is 94.5 Å². The molecule has 1 N–H and O–H groups in total. The Morgan fingerprint density at radius 2 is 1.74 bits per heavy atom. The molecule has 0 bridgehead atoms. The Morgan fingerprint density at radius 1 is 0.914 bits per heavy atom. The average Bonchev–Trinajstić information content (AvgIpc) is 2.91. The van der Waals surface area contributed by atoms with Gasteiger partial charge in [0.1, 0.15) is 11.5 Å². The van der Waals surface area contributed by atoms with Crippen LogP contribution in [0.5, 0.6) is 11.5 Å². The number of rotatable bonds is 12. The minimum absolute atomic E-state index is 0.0955. The van der Waals surface area contributed by atoms with E-state index in [1.165, 1.54) is 11.1 Å². The summed E-state index contributed by atoms with van der Waals surface area (Å²) in [5.74, 6) is 1.90. The first-order chi connectivity index (χ1) is 17.2. The van der Waals surface area contributed by atoms with Crippen LogP contribution in [0.1, 0.15) is 35.4 Å². The van der Waals surface area contributed by atoms with Gasteiger partial charge in [0, 0.05) is 18.9 Å². The van der Waals surface area contributed by atoms with Gasteiger partial charge in [0.25, 0.3) is 0 Å². The first-order valence-electron chi connectivity index (χ1n) is 12.2. The largest absolute Gasteiger partial charge is 0.495 e. The number of halogens is 1. The van der Waals surface area contributed by atoms with E-state index in [1.807, 2.05) is 36.4 Å². The maximum absolute atomic E-state index is 6.32. The minimum Gasteiger partial charge on any atom is -0.495 e. The summed E-state index contributed by atoms with van der Waals surface area (Å²) < 4.78 is 23.2. The Hall–Kier alpha value is -2.57. The summed E-state index contributed by atoms with van der Waals surface area (Å²) in [4.78, 5) is 0. The molecule has 0 saturated carbocycles. The molecule has 1 aliphatic rings. The number of methoxy groups -OCH3 is 1. The summed E-state index contributed by atoms with van der Waals surface area (Å²) in [6.07, 6.45) is 1.99. The van der Waals surface area contributed by atoms with Crippen LogP contribution in [0.25, 0.3) is 0 Å². The van der Waals surface area contributed by atoms with E-state index in [2.05, 4.69) is 41.7 Å². The standard InChI is InChI=1S/C29H34ClNO4/c1-32-28-13-8-23(18-27(28)30)21-35-29-19-31-15-14-26(29)24-9-11-25(12-10-24)34-17-5-16-33-20-22-6-3-2-4-7-22/h2-4,6-13,18,26,29,31H,5,14-17,19-21H2,1H3. The third kappa shape index (κ3) is 7.71. The normalized spacial score (nSPS) is 17.8. The molecule has 1 fully saturated rings. The molecule has 35 heavy (non-hydrogen) atoms. The first-order valence-corrected chi connectivity index (χ1v) is 12.6. The van der Waals surface area contributed by atoms with Crippen LogP contribution in [0.3, 0.4) is 0 Å². The maximum atomic E-state index is 6.32. The van der Waals surface area contributed by atoms with Crippen molar-refractivity contribution in [2.75, 3.05) is 33.4 Å². The molecule has 1 heterocycles. The molecule has 2 atom stereocenters. The zero-order chi connectivity index (χ0) is 24.3. The molecule has 1 aliphatic heterocycles. The lowest BCUT2D eigenvalue weighted by Gasteiger charge is -2.32. The lowest BCUT2D eigenvalue weighted by atomic mass is 9.87. The highest BCUT2D eigenvalue weighted by Gasteiger charge is 2.27. The van der Waals surface area contributed by atoms with Gasteiger partial charge in [-0.2, -0.15) is 0 Å². The summed E-state index contributed by atoms with van der Waals surface area (Å²) in [5, 5.41) is 4.06. The second kappa shape index (κ2) is 13.5. The smallest absolute Gasteiger partial charge is 0.137 e. The molecule has 0 radical (unpaired) electrons. The average molecular weight is 496 g/mol. The number of benzene rings is 3. The van der Waals surface area contributed by atoms with E-state index in [9.17, 15) is 0 Å². The molecule has 1 saturated heterocycles. The fraction of sp³-hybridized carbons (Fsp3) is 0.379. The van der Waals surface area contributed by atoms with E-state index in [1.54, 1.807) is 7.11 Å².